The first kappa shape index (κ1) is 11.7. The molecule has 2 saturated heterocycles. The standard InChI is InChI=1S/C12H22N2O2/c1-12(2)7-5-9-14(12)10-6-3-4-8-13(10)11(15)16/h10H,3-9H2,1-2H3,(H,15,16)/t10-/m1/s1. The maximum Gasteiger partial charge on any atom is 0.408 e. The van der Waals surface area contributed by atoms with E-state index < -0.39 is 6.09 Å². The Morgan fingerprint density at radius 2 is 2.00 bits per heavy atom. The first-order valence-electron chi connectivity index (χ1n) is 6.29. The Morgan fingerprint density at radius 3 is 2.56 bits per heavy atom. The molecule has 4 nitrogen and oxygen atoms in total. The number of likely N-dealkylation sites (tertiary alicyclic amines) is 2. The average Bonchev–Trinajstić information content (AvgIpc) is 2.58. The van der Waals surface area contributed by atoms with Crippen LogP contribution in [0.4, 0.5) is 4.79 Å². The number of rotatable bonds is 1. The van der Waals surface area contributed by atoms with Crippen LogP contribution in [0.15, 0.2) is 0 Å². The summed E-state index contributed by atoms with van der Waals surface area (Å²) in [5.41, 5.74) is 0.162. The van der Waals surface area contributed by atoms with Gasteiger partial charge in [-0.1, -0.05) is 0 Å². The van der Waals surface area contributed by atoms with E-state index in [2.05, 4.69) is 18.7 Å². The summed E-state index contributed by atoms with van der Waals surface area (Å²) in [4.78, 5) is 15.3. The van der Waals surface area contributed by atoms with Gasteiger partial charge < -0.3 is 5.11 Å². The summed E-state index contributed by atoms with van der Waals surface area (Å²) < 4.78 is 0. The van der Waals surface area contributed by atoms with Crippen LogP contribution < -0.4 is 0 Å². The van der Waals surface area contributed by atoms with Crippen LogP contribution in [0.2, 0.25) is 0 Å². The third-order valence-corrected chi connectivity index (χ3v) is 4.04. The molecule has 1 N–H and O–H groups in total. The number of nitrogens with zero attached hydrogens (tertiary/aromatic N) is 2. The molecule has 2 rings (SSSR count). The van der Waals surface area contributed by atoms with Gasteiger partial charge in [0.2, 0.25) is 0 Å². The van der Waals surface area contributed by atoms with Crippen molar-refractivity contribution in [2.24, 2.45) is 0 Å². The predicted octanol–water partition coefficient (Wildman–Crippen LogP) is 2.35. The fourth-order valence-corrected chi connectivity index (χ4v) is 3.14. The third-order valence-electron chi connectivity index (χ3n) is 4.04. The number of piperidine rings is 1. The van der Waals surface area contributed by atoms with Gasteiger partial charge in [0.25, 0.3) is 0 Å². The van der Waals surface area contributed by atoms with Crippen LogP contribution in [-0.4, -0.2) is 45.8 Å². The molecule has 0 bridgehead atoms. The van der Waals surface area contributed by atoms with Crippen molar-refractivity contribution in [2.75, 3.05) is 13.1 Å². The molecule has 0 aliphatic carbocycles. The smallest absolute Gasteiger partial charge is 0.408 e. The molecule has 0 aromatic carbocycles. The Morgan fingerprint density at radius 1 is 1.25 bits per heavy atom. The summed E-state index contributed by atoms with van der Waals surface area (Å²) in [6, 6.07) is 0. The summed E-state index contributed by atoms with van der Waals surface area (Å²) in [5.74, 6) is 0. The number of amides is 1. The second-order valence-corrected chi connectivity index (χ2v) is 5.56. The van der Waals surface area contributed by atoms with Crippen molar-refractivity contribution in [1.82, 2.24) is 9.80 Å². The third kappa shape index (κ3) is 2.03. The van der Waals surface area contributed by atoms with Gasteiger partial charge in [-0.15, -0.1) is 0 Å². The first-order valence-corrected chi connectivity index (χ1v) is 6.29. The Hall–Kier alpha value is -0.770. The number of carbonyl (C=O) groups is 1. The van der Waals surface area contributed by atoms with Crippen molar-refractivity contribution in [3.8, 4) is 0 Å². The molecular weight excluding hydrogens is 204 g/mol. The van der Waals surface area contributed by atoms with Gasteiger partial charge in [-0.3, -0.25) is 9.80 Å². The molecular formula is C12H22N2O2. The van der Waals surface area contributed by atoms with Crippen LogP contribution in [0.25, 0.3) is 0 Å². The molecule has 0 radical (unpaired) electrons. The minimum Gasteiger partial charge on any atom is -0.465 e. The Bertz CT molecular complexity index is 278. The van der Waals surface area contributed by atoms with Crippen molar-refractivity contribution >= 4 is 6.09 Å². The zero-order valence-corrected chi connectivity index (χ0v) is 10.3. The van der Waals surface area contributed by atoms with E-state index in [9.17, 15) is 9.90 Å². The van der Waals surface area contributed by atoms with Gasteiger partial charge in [0.15, 0.2) is 0 Å². The summed E-state index contributed by atoms with van der Waals surface area (Å²) in [5, 5.41) is 9.24. The molecule has 1 amide bonds. The molecule has 0 unspecified atom stereocenters. The van der Waals surface area contributed by atoms with E-state index in [1.165, 1.54) is 12.8 Å². The van der Waals surface area contributed by atoms with Gasteiger partial charge in [-0.25, -0.2) is 4.79 Å². The van der Waals surface area contributed by atoms with Crippen LogP contribution in [0, 0.1) is 0 Å². The minimum atomic E-state index is -0.757. The predicted molar refractivity (Wildman–Crippen MR) is 62.4 cm³/mol. The van der Waals surface area contributed by atoms with E-state index in [4.69, 9.17) is 0 Å². The molecule has 2 fully saturated rings. The molecule has 2 aliphatic rings. The van der Waals surface area contributed by atoms with E-state index in [-0.39, 0.29) is 11.7 Å². The zero-order chi connectivity index (χ0) is 11.8. The Balaban J connectivity index is 2.14. The van der Waals surface area contributed by atoms with Crippen molar-refractivity contribution < 1.29 is 9.90 Å². The minimum absolute atomic E-state index is 0.115. The second kappa shape index (κ2) is 4.24. The van der Waals surface area contributed by atoms with Gasteiger partial charge in [0.1, 0.15) is 0 Å². The quantitative estimate of drug-likeness (QED) is 0.746. The lowest BCUT2D eigenvalue weighted by molar-refractivity contribution is -0.0106. The number of hydrogen-bond acceptors (Lipinski definition) is 2. The molecule has 16 heavy (non-hydrogen) atoms. The molecule has 0 saturated carbocycles. The van der Waals surface area contributed by atoms with Crippen LogP contribution in [0.3, 0.4) is 0 Å². The molecule has 4 heteroatoms. The van der Waals surface area contributed by atoms with E-state index in [1.807, 2.05) is 0 Å². The zero-order valence-electron chi connectivity index (χ0n) is 10.3. The monoisotopic (exact) mass is 226 g/mol. The Labute approximate surface area is 97.2 Å². The van der Waals surface area contributed by atoms with Gasteiger partial charge in [0.05, 0.1) is 6.17 Å². The largest absolute Gasteiger partial charge is 0.465 e. The number of hydrogen-bond donors (Lipinski definition) is 1. The summed E-state index contributed by atoms with van der Waals surface area (Å²) in [6.45, 7) is 6.21. The second-order valence-electron chi connectivity index (χ2n) is 5.56. The van der Waals surface area contributed by atoms with Crippen molar-refractivity contribution in [3.05, 3.63) is 0 Å². The van der Waals surface area contributed by atoms with E-state index in [0.29, 0.717) is 6.54 Å². The lowest BCUT2D eigenvalue weighted by Crippen LogP contribution is -2.57. The van der Waals surface area contributed by atoms with E-state index in [0.717, 1.165) is 25.8 Å². The molecule has 2 aliphatic heterocycles. The highest BCUT2D eigenvalue weighted by Crippen LogP contribution is 2.34. The van der Waals surface area contributed by atoms with Gasteiger partial charge in [-0.2, -0.15) is 0 Å². The molecule has 1 atom stereocenters. The highest BCUT2D eigenvalue weighted by Gasteiger charge is 2.41. The van der Waals surface area contributed by atoms with Crippen molar-refractivity contribution in [3.63, 3.8) is 0 Å². The van der Waals surface area contributed by atoms with Gasteiger partial charge in [-0.05, 0) is 46.0 Å². The lowest BCUT2D eigenvalue weighted by atomic mass is 9.99. The molecule has 0 spiro atoms. The summed E-state index contributed by atoms with van der Waals surface area (Å²) in [6.07, 6.45) is 4.89. The highest BCUT2D eigenvalue weighted by molar-refractivity contribution is 5.65. The fourth-order valence-electron chi connectivity index (χ4n) is 3.14. The van der Waals surface area contributed by atoms with Crippen molar-refractivity contribution in [2.45, 2.75) is 57.7 Å². The summed E-state index contributed by atoms with van der Waals surface area (Å²) >= 11 is 0. The maximum absolute atomic E-state index is 11.2. The molecule has 0 aromatic heterocycles. The van der Waals surface area contributed by atoms with Crippen LogP contribution in [0.5, 0.6) is 0 Å². The molecule has 92 valence electrons. The highest BCUT2D eigenvalue weighted by atomic mass is 16.4. The van der Waals surface area contributed by atoms with Crippen LogP contribution in [-0.2, 0) is 0 Å². The van der Waals surface area contributed by atoms with E-state index >= 15 is 0 Å². The van der Waals surface area contributed by atoms with Gasteiger partial charge >= 0.3 is 6.09 Å². The van der Waals surface area contributed by atoms with E-state index in [1.54, 1.807) is 4.90 Å². The Kier molecular flexibility index (Phi) is 3.10. The average molecular weight is 226 g/mol. The van der Waals surface area contributed by atoms with Gasteiger partial charge in [0, 0.05) is 18.6 Å². The normalized spacial score (nSPS) is 30.6. The fraction of sp³-hybridized carbons (Fsp3) is 0.917. The summed E-state index contributed by atoms with van der Waals surface area (Å²) in [7, 11) is 0. The SMILES string of the molecule is CC1(C)CCCN1[C@@H]1CCCCN1C(=O)O. The molecule has 2 heterocycles. The lowest BCUT2D eigenvalue weighted by Gasteiger charge is -2.45. The van der Waals surface area contributed by atoms with Crippen LogP contribution >= 0.6 is 0 Å². The maximum atomic E-state index is 11.2. The number of carboxylic acid groups (broad SMARTS) is 1. The topological polar surface area (TPSA) is 43.8 Å². The first-order chi connectivity index (χ1) is 7.52. The van der Waals surface area contributed by atoms with Crippen LogP contribution in [0.1, 0.15) is 46.0 Å². The van der Waals surface area contributed by atoms with Crippen molar-refractivity contribution in [1.29, 1.82) is 0 Å². The molecule has 0 aromatic rings.